The number of alkyl carbamates (subject to hydrolysis) is 1. The van der Waals surface area contributed by atoms with Gasteiger partial charge in [-0.3, -0.25) is 19.8 Å². The van der Waals surface area contributed by atoms with Crippen LogP contribution < -0.4 is 10.6 Å². The topological polar surface area (TPSA) is 125 Å². The predicted molar refractivity (Wildman–Crippen MR) is 162 cm³/mol. The number of benzene rings is 2. The van der Waals surface area contributed by atoms with Gasteiger partial charge in [0.2, 0.25) is 10.0 Å². The predicted octanol–water partition coefficient (Wildman–Crippen LogP) is 4.87. The van der Waals surface area contributed by atoms with Crippen molar-refractivity contribution in [2.45, 2.75) is 51.1 Å². The van der Waals surface area contributed by atoms with Crippen LogP contribution in [0.4, 0.5) is 9.80 Å². The molecule has 0 bridgehead atoms. The molecule has 0 fully saturated rings. The summed E-state index contributed by atoms with van der Waals surface area (Å²) in [6.07, 6.45) is 1.06. The summed E-state index contributed by atoms with van der Waals surface area (Å²) in [5.74, 6) is -1.15. The van der Waals surface area contributed by atoms with Gasteiger partial charge in [0, 0.05) is 43.2 Å². The van der Waals surface area contributed by atoms with E-state index in [1.807, 2.05) is 32.0 Å². The summed E-state index contributed by atoms with van der Waals surface area (Å²) in [5, 5.41) is 5.36. The lowest BCUT2D eigenvalue weighted by atomic mass is 10.0. The second-order valence-corrected chi connectivity index (χ2v) is 13.0. The number of carbonyl (C=O) groups excluding carboxylic acids is 3. The average Bonchev–Trinajstić information content (AvgIpc) is 3.34. The highest BCUT2D eigenvalue weighted by molar-refractivity contribution is 7.89. The number of nitrogens with one attached hydrogen (secondary N) is 2. The SMILES string of the molecule is CCCN(CCC)S(=O)(=O)c1ccc(C(=O)Nc2sc3c(c2C(=O)NC(=O)OC)CCN(Cc2ccccc2)C3)cc1. The first-order valence-corrected chi connectivity index (χ1v) is 16.1. The van der Waals surface area contributed by atoms with Crippen molar-refractivity contribution in [3.8, 4) is 0 Å². The zero-order valence-electron chi connectivity index (χ0n) is 24.0. The monoisotopic (exact) mass is 612 g/mol. The molecule has 0 atom stereocenters. The highest BCUT2D eigenvalue weighted by Crippen LogP contribution is 2.38. The molecule has 0 saturated heterocycles. The molecule has 224 valence electrons. The number of rotatable bonds is 11. The molecule has 1 aromatic heterocycles. The first-order valence-electron chi connectivity index (χ1n) is 13.9. The Morgan fingerprint density at radius 3 is 2.26 bits per heavy atom. The quantitative estimate of drug-likeness (QED) is 0.317. The van der Waals surface area contributed by atoms with Gasteiger partial charge in [-0.1, -0.05) is 44.2 Å². The van der Waals surface area contributed by atoms with Crippen LogP contribution in [0.2, 0.25) is 0 Å². The molecule has 2 heterocycles. The highest BCUT2D eigenvalue weighted by atomic mass is 32.2. The van der Waals surface area contributed by atoms with Crippen LogP contribution in [-0.4, -0.2) is 62.3 Å². The molecule has 0 aliphatic carbocycles. The van der Waals surface area contributed by atoms with Crippen LogP contribution in [0, 0.1) is 0 Å². The summed E-state index contributed by atoms with van der Waals surface area (Å²) in [6, 6.07) is 15.9. The van der Waals surface area contributed by atoms with E-state index in [1.54, 1.807) is 0 Å². The highest BCUT2D eigenvalue weighted by Gasteiger charge is 2.30. The van der Waals surface area contributed by atoms with Gasteiger partial charge in [0.05, 0.1) is 17.6 Å². The van der Waals surface area contributed by atoms with Crippen molar-refractivity contribution in [2.75, 3.05) is 32.1 Å². The third kappa shape index (κ3) is 7.24. The Hall–Kier alpha value is -3.58. The number of sulfonamides is 1. The third-order valence-electron chi connectivity index (χ3n) is 6.94. The van der Waals surface area contributed by atoms with Crippen LogP contribution in [0.3, 0.4) is 0 Å². The standard InChI is InChI=1S/C30H36N4O6S2/c1-4-16-34(17-5-2)42(38,39)23-13-11-22(12-14-23)27(35)31-29-26(28(36)32-30(37)40-3)24-15-18-33(20-25(24)41-29)19-21-9-7-6-8-10-21/h6-14H,4-5,15-20H2,1-3H3,(H,31,35)(H,32,36,37). The van der Waals surface area contributed by atoms with E-state index in [-0.39, 0.29) is 16.0 Å². The molecule has 0 unspecified atom stereocenters. The van der Waals surface area contributed by atoms with Gasteiger partial charge in [0.25, 0.3) is 11.8 Å². The van der Waals surface area contributed by atoms with E-state index in [9.17, 15) is 22.8 Å². The van der Waals surface area contributed by atoms with E-state index in [4.69, 9.17) is 0 Å². The minimum absolute atomic E-state index is 0.115. The number of thiophene rings is 1. The summed E-state index contributed by atoms with van der Waals surface area (Å²) in [4.78, 5) is 41.6. The molecule has 3 aromatic rings. The van der Waals surface area contributed by atoms with Crippen LogP contribution in [0.15, 0.2) is 59.5 Å². The number of carbonyl (C=O) groups is 3. The second kappa shape index (κ2) is 14.1. The van der Waals surface area contributed by atoms with Crippen LogP contribution >= 0.6 is 11.3 Å². The summed E-state index contributed by atoms with van der Waals surface area (Å²) in [7, 11) is -2.52. The number of imide groups is 1. The largest absolute Gasteiger partial charge is 0.453 e. The normalized spacial score (nSPS) is 13.4. The Bertz CT molecular complexity index is 1520. The van der Waals surface area contributed by atoms with Gasteiger partial charge < -0.3 is 10.1 Å². The Morgan fingerprint density at radius 2 is 1.64 bits per heavy atom. The molecule has 42 heavy (non-hydrogen) atoms. The van der Waals surface area contributed by atoms with Crippen LogP contribution in [0.25, 0.3) is 0 Å². The number of amides is 3. The molecule has 1 aliphatic rings. The first kappa shape index (κ1) is 31.4. The molecule has 3 amide bonds. The first-order chi connectivity index (χ1) is 20.2. The zero-order chi connectivity index (χ0) is 30.3. The van der Waals surface area contributed by atoms with E-state index in [0.29, 0.717) is 50.4 Å². The van der Waals surface area contributed by atoms with Gasteiger partial charge >= 0.3 is 6.09 Å². The minimum Gasteiger partial charge on any atom is -0.453 e. The zero-order valence-corrected chi connectivity index (χ0v) is 25.6. The van der Waals surface area contributed by atoms with Crippen molar-refractivity contribution in [3.05, 3.63) is 81.7 Å². The molecule has 12 heteroatoms. The van der Waals surface area contributed by atoms with Crippen molar-refractivity contribution in [2.24, 2.45) is 0 Å². The molecule has 0 saturated carbocycles. The van der Waals surface area contributed by atoms with E-state index in [0.717, 1.165) is 17.0 Å². The van der Waals surface area contributed by atoms with E-state index < -0.39 is 27.9 Å². The molecule has 4 rings (SSSR count). The summed E-state index contributed by atoms with van der Waals surface area (Å²) < 4.78 is 32.3. The molecule has 10 nitrogen and oxygen atoms in total. The number of methoxy groups -OCH3 is 1. The maximum Gasteiger partial charge on any atom is 0.413 e. The molecule has 0 radical (unpaired) electrons. The number of hydrogen-bond donors (Lipinski definition) is 2. The molecule has 1 aliphatic heterocycles. The summed E-state index contributed by atoms with van der Waals surface area (Å²) >= 11 is 1.30. The number of hydrogen-bond acceptors (Lipinski definition) is 8. The molecule has 2 aromatic carbocycles. The fourth-order valence-corrected chi connectivity index (χ4v) is 7.83. The van der Waals surface area contributed by atoms with Crippen LogP contribution in [0.5, 0.6) is 0 Å². The third-order valence-corrected chi connectivity index (χ3v) is 9.99. The van der Waals surface area contributed by atoms with Crippen molar-refractivity contribution < 1.29 is 27.5 Å². The lowest BCUT2D eigenvalue weighted by molar-refractivity contribution is 0.0936. The Morgan fingerprint density at radius 1 is 0.976 bits per heavy atom. The molecule has 0 spiro atoms. The van der Waals surface area contributed by atoms with Crippen molar-refractivity contribution in [1.82, 2.24) is 14.5 Å². The van der Waals surface area contributed by atoms with Gasteiger partial charge in [0.15, 0.2) is 0 Å². The van der Waals surface area contributed by atoms with Gasteiger partial charge in [-0.2, -0.15) is 4.31 Å². The van der Waals surface area contributed by atoms with Gasteiger partial charge in [-0.05, 0) is 54.7 Å². The minimum atomic E-state index is -3.69. The maximum atomic E-state index is 13.3. The van der Waals surface area contributed by atoms with Gasteiger partial charge in [-0.15, -0.1) is 11.3 Å². The van der Waals surface area contributed by atoms with Crippen LogP contribution in [0.1, 0.15) is 63.4 Å². The Balaban J connectivity index is 1.57. The number of nitrogens with zero attached hydrogens (tertiary/aromatic N) is 2. The number of ether oxygens (including phenoxy) is 1. The Kier molecular flexibility index (Phi) is 10.5. The smallest absolute Gasteiger partial charge is 0.413 e. The Labute approximate surface area is 250 Å². The average molecular weight is 613 g/mol. The van der Waals surface area contributed by atoms with Crippen molar-refractivity contribution >= 4 is 44.3 Å². The lowest BCUT2D eigenvalue weighted by Crippen LogP contribution is -2.33. The van der Waals surface area contributed by atoms with E-state index in [1.165, 1.54) is 52.6 Å². The second-order valence-electron chi connectivity index (χ2n) is 9.98. The fourth-order valence-electron chi connectivity index (χ4n) is 4.92. The lowest BCUT2D eigenvalue weighted by Gasteiger charge is -2.27. The van der Waals surface area contributed by atoms with Gasteiger partial charge in [0.1, 0.15) is 5.00 Å². The fraction of sp³-hybridized carbons (Fsp3) is 0.367. The van der Waals surface area contributed by atoms with E-state index >= 15 is 0 Å². The van der Waals surface area contributed by atoms with Crippen LogP contribution in [-0.2, 0) is 34.3 Å². The molecular weight excluding hydrogens is 576 g/mol. The number of anilines is 1. The molecular formula is C30H36N4O6S2. The van der Waals surface area contributed by atoms with Crippen molar-refractivity contribution in [1.29, 1.82) is 0 Å². The number of fused-ring (bicyclic) bond motifs is 1. The summed E-state index contributed by atoms with van der Waals surface area (Å²) in [5.41, 5.74) is 2.44. The van der Waals surface area contributed by atoms with Gasteiger partial charge in [-0.25, -0.2) is 13.2 Å². The van der Waals surface area contributed by atoms with Crippen molar-refractivity contribution in [3.63, 3.8) is 0 Å². The van der Waals surface area contributed by atoms with E-state index in [2.05, 4.69) is 32.4 Å². The summed E-state index contributed by atoms with van der Waals surface area (Å²) in [6.45, 7) is 6.71. The molecule has 2 N–H and O–H groups in total. The maximum absolute atomic E-state index is 13.3.